The van der Waals surface area contributed by atoms with Gasteiger partial charge in [-0.1, -0.05) is 0 Å². The van der Waals surface area contributed by atoms with E-state index >= 15 is 0 Å². The van der Waals surface area contributed by atoms with Crippen LogP contribution in [0.1, 0.15) is 10.4 Å². The van der Waals surface area contributed by atoms with Crippen molar-refractivity contribution >= 4 is 11.6 Å². The van der Waals surface area contributed by atoms with Gasteiger partial charge < -0.3 is 10.3 Å². The average Bonchev–Trinajstić information content (AvgIpc) is 2.33. The molecule has 0 fully saturated rings. The van der Waals surface area contributed by atoms with Crippen molar-refractivity contribution in [2.45, 2.75) is 0 Å². The van der Waals surface area contributed by atoms with E-state index in [4.69, 9.17) is 0 Å². The molecule has 0 bridgehead atoms. The molecular formula is C11H9N3O2. The Morgan fingerprint density at radius 2 is 2.19 bits per heavy atom. The summed E-state index contributed by atoms with van der Waals surface area (Å²) in [7, 11) is 0. The number of hydrogen-bond acceptors (Lipinski definition) is 3. The van der Waals surface area contributed by atoms with Gasteiger partial charge in [0.25, 0.3) is 11.5 Å². The van der Waals surface area contributed by atoms with E-state index in [-0.39, 0.29) is 17.2 Å². The number of pyridine rings is 2. The molecule has 1 amide bonds. The van der Waals surface area contributed by atoms with Crippen LogP contribution in [0, 0.1) is 0 Å². The van der Waals surface area contributed by atoms with Gasteiger partial charge in [0, 0.05) is 18.6 Å². The molecule has 2 N–H and O–H groups in total. The van der Waals surface area contributed by atoms with Crippen LogP contribution in [0.4, 0.5) is 5.69 Å². The molecule has 0 aliphatic rings. The molecule has 2 rings (SSSR count). The predicted molar refractivity (Wildman–Crippen MR) is 59.3 cm³/mol. The molecule has 80 valence electrons. The molecule has 2 aromatic rings. The number of nitrogens with one attached hydrogen (secondary N) is 2. The summed E-state index contributed by atoms with van der Waals surface area (Å²) in [4.78, 5) is 29.3. The number of carbonyl (C=O) groups excluding carboxylic acids is 1. The lowest BCUT2D eigenvalue weighted by Crippen LogP contribution is -2.19. The van der Waals surface area contributed by atoms with Gasteiger partial charge >= 0.3 is 0 Å². The van der Waals surface area contributed by atoms with Gasteiger partial charge in [-0.05, 0) is 24.3 Å². The van der Waals surface area contributed by atoms with E-state index in [9.17, 15) is 9.59 Å². The van der Waals surface area contributed by atoms with Crippen LogP contribution in [-0.2, 0) is 0 Å². The molecule has 0 saturated carbocycles. The Labute approximate surface area is 91.2 Å². The number of hydrogen-bond donors (Lipinski definition) is 2. The van der Waals surface area contributed by atoms with Crippen LogP contribution < -0.4 is 10.9 Å². The number of H-pyrrole nitrogens is 1. The molecule has 0 radical (unpaired) electrons. The Morgan fingerprint density at radius 3 is 2.88 bits per heavy atom. The Hall–Kier alpha value is -2.43. The first-order valence-electron chi connectivity index (χ1n) is 4.66. The van der Waals surface area contributed by atoms with Gasteiger partial charge in [-0.15, -0.1) is 0 Å². The molecule has 0 atom stereocenters. The second kappa shape index (κ2) is 4.39. The van der Waals surface area contributed by atoms with E-state index in [1.165, 1.54) is 18.5 Å². The molecule has 2 heterocycles. The molecule has 0 aromatic carbocycles. The Balaban J connectivity index is 2.21. The molecule has 0 unspecified atom stereocenters. The largest absolute Gasteiger partial charge is 0.327 e. The normalized spacial score (nSPS) is 9.75. The van der Waals surface area contributed by atoms with Crippen molar-refractivity contribution in [3.05, 3.63) is 58.8 Å². The topological polar surface area (TPSA) is 74.8 Å². The maximum absolute atomic E-state index is 11.7. The summed E-state index contributed by atoms with van der Waals surface area (Å²) in [5.74, 6) is -0.357. The molecule has 0 spiro atoms. The molecule has 0 aliphatic heterocycles. The smallest absolute Gasteiger partial charge is 0.271 e. The number of nitrogens with zero attached hydrogens (tertiary/aromatic N) is 1. The summed E-state index contributed by atoms with van der Waals surface area (Å²) < 4.78 is 0. The third-order valence-electron chi connectivity index (χ3n) is 1.99. The highest BCUT2D eigenvalue weighted by atomic mass is 16.2. The summed E-state index contributed by atoms with van der Waals surface area (Å²) in [6.07, 6.45) is 4.51. The van der Waals surface area contributed by atoms with Crippen LogP contribution in [0.2, 0.25) is 0 Å². The van der Waals surface area contributed by atoms with Crippen molar-refractivity contribution < 1.29 is 4.79 Å². The van der Waals surface area contributed by atoms with Crippen molar-refractivity contribution in [2.75, 3.05) is 5.32 Å². The van der Waals surface area contributed by atoms with E-state index in [1.54, 1.807) is 24.4 Å². The van der Waals surface area contributed by atoms with E-state index < -0.39 is 0 Å². The zero-order chi connectivity index (χ0) is 11.4. The minimum Gasteiger partial charge on any atom is -0.327 e. The van der Waals surface area contributed by atoms with E-state index in [0.29, 0.717) is 5.56 Å². The number of anilines is 1. The zero-order valence-electron chi connectivity index (χ0n) is 8.31. The van der Waals surface area contributed by atoms with E-state index in [0.717, 1.165) is 0 Å². The second-order valence-electron chi connectivity index (χ2n) is 3.11. The van der Waals surface area contributed by atoms with Crippen LogP contribution in [0.3, 0.4) is 0 Å². The second-order valence-corrected chi connectivity index (χ2v) is 3.11. The highest BCUT2D eigenvalue weighted by Crippen LogP contribution is 2.02. The van der Waals surface area contributed by atoms with Gasteiger partial charge in [-0.25, -0.2) is 0 Å². The zero-order valence-corrected chi connectivity index (χ0v) is 8.31. The molecule has 0 saturated heterocycles. The first kappa shape index (κ1) is 10.1. The molecule has 5 nitrogen and oxygen atoms in total. The van der Waals surface area contributed by atoms with Crippen LogP contribution in [0.5, 0.6) is 0 Å². The molecule has 16 heavy (non-hydrogen) atoms. The fourth-order valence-corrected chi connectivity index (χ4v) is 1.21. The third-order valence-corrected chi connectivity index (χ3v) is 1.99. The van der Waals surface area contributed by atoms with Gasteiger partial charge in [-0.2, -0.15) is 0 Å². The summed E-state index contributed by atoms with van der Waals surface area (Å²) in [5.41, 5.74) is 0.293. The van der Waals surface area contributed by atoms with Gasteiger partial charge in [0.15, 0.2) is 0 Å². The summed E-state index contributed by atoms with van der Waals surface area (Å²) in [6, 6.07) is 6.46. The number of aromatic nitrogens is 2. The number of amides is 1. The number of carbonyl (C=O) groups is 1. The average molecular weight is 215 g/mol. The Morgan fingerprint density at radius 1 is 1.31 bits per heavy atom. The summed E-state index contributed by atoms with van der Waals surface area (Å²) in [5, 5.41) is 2.50. The molecule has 0 aliphatic carbocycles. The summed E-state index contributed by atoms with van der Waals surface area (Å²) in [6.45, 7) is 0. The Bertz CT molecular complexity index is 548. The fraction of sp³-hybridized carbons (Fsp3) is 0. The maximum Gasteiger partial charge on any atom is 0.271 e. The SMILES string of the molecule is O=C(Nc1ccc[nH]c1=O)c1cccnc1. The van der Waals surface area contributed by atoms with E-state index in [2.05, 4.69) is 15.3 Å². The molecule has 5 heteroatoms. The molecular weight excluding hydrogens is 206 g/mol. The highest BCUT2D eigenvalue weighted by Gasteiger charge is 2.07. The standard InChI is InChI=1S/C11H9N3O2/c15-10(8-3-1-5-12-7-8)14-9-4-2-6-13-11(9)16/h1-7H,(H,13,16)(H,14,15). The van der Waals surface area contributed by atoms with Gasteiger partial charge in [0.1, 0.15) is 5.69 Å². The third kappa shape index (κ3) is 2.14. The van der Waals surface area contributed by atoms with Gasteiger partial charge in [-0.3, -0.25) is 14.6 Å². The highest BCUT2D eigenvalue weighted by molar-refractivity contribution is 6.03. The van der Waals surface area contributed by atoms with Crippen molar-refractivity contribution in [1.82, 2.24) is 9.97 Å². The monoisotopic (exact) mass is 215 g/mol. The van der Waals surface area contributed by atoms with Gasteiger partial charge in [0.05, 0.1) is 5.56 Å². The van der Waals surface area contributed by atoms with E-state index in [1.807, 2.05) is 0 Å². The van der Waals surface area contributed by atoms with Crippen LogP contribution in [0.25, 0.3) is 0 Å². The maximum atomic E-state index is 11.7. The Kier molecular flexibility index (Phi) is 2.77. The van der Waals surface area contributed by atoms with Crippen LogP contribution in [-0.4, -0.2) is 15.9 Å². The first-order valence-corrected chi connectivity index (χ1v) is 4.66. The molecule has 2 aromatic heterocycles. The van der Waals surface area contributed by atoms with Crippen molar-refractivity contribution in [3.63, 3.8) is 0 Å². The number of aromatic amines is 1. The van der Waals surface area contributed by atoms with Crippen molar-refractivity contribution in [2.24, 2.45) is 0 Å². The van der Waals surface area contributed by atoms with Crippen molar-refractivity contribution in [3.8, 4) is 0 Å². The summed E-state index contributed by atoms with van der Waals surface area (Å²) >= 11 is 0. The lowest BCUT2D eigenvalue weighted by atomic mass is 10.2. The minimum absolute atomic E-state index is 0.219. The van der Waals surface area contributed by atoms with Crippen LogP contribution >= 0.6 is 0 Å². The number of rotatable bonds is 2. The first-order chi connectivity index (χ1) is 7.77. The lowest BCUT2D eigenvalue weighted by molar-refractivity contribution is 0.102. The predicted octanol–water partition coefficient (Wildman–Crippen LogP) is 1.02. The fourth-order valence-electron chi connectivity index (χ4n) is 1.21. The quantitative estimate of drug-likeness (QED) is 0.785. The van der Waals surface area contributed by atoms with Crippen LogP contribution in [0.15, 0.2) is 47.7 Å². The van der Waals surface area contributed by atoms with Crippen molar-refractivity contribution in [1.29, 1.82) is 0 Å². The minimum atomic E-state index is -0.357. The lowest BCUT2D eigenvalue weighted by Gasteiger charge is -2.02. The van der Waals surface area contributed by atoms with Gasteiger partial charge in [0.2, 0.25) is 0 Å².